The third kappa shape index (κ3) is 4.40. The molecule has 0 saturated carbocycles. The first-order valence-corrected chi connectivity index (χ1v) is 10.1. The predicted octanol–water partition coefficient (Wildman–Crippen LogP) is 4.57. The van der Waals surface area contributed by atoms with E-state index in [4.69, 9.17) is 23.2 Å². The lowest BCUT2D eigenvalue weighted by atomic mass is 9.96. The minimum absolute atomic E-state index is 0.0147. The zero-order valence-corrected chi connectivity index (χ0v) is 16.8. The van der Waals surface area contributed by atoms with Crippen molar-refractivity contribution in [2.24, 2.45) is 5.92 Å². The summed E-state index contributed by atoms with van der Waals surface area (Å²) < 4.78 is 0. The first-order valence-electron chi connectivity index (χ1n) is 8.47. The summed E-state index contributed by atoms with van der Waals surface area (Å²) in [7, 11) is 1.77. The molecule has 1 unspecified atom stereocenters. The van der Waals surface area contributed by atoms with Gasteiger partial charge in [-0.1, -0.05) is 35.3 Å². The summed E-state index contributed by atoms with van der Waals surface area (Å²) >= 11 is 13.6. The highest BCUT2D eigenvalue weighted by atomic mass is 35.5. The van der Waals surface area contributed by atoms with Crippen molar-refractivity contribution in [3.63, 3.8) is 0 Å². The quantitative estimate of drug-likeness (QED) is 0.740. The molecule has 1 aliphatic heterocycles. The molecule has 1 saturated heterocycles. The number of piperidine rings is 1. The van der Waals surface area contributed by atoms with Crippen LogP contribution in [-0.4, -0.2) is 41.8 Å². The molecule has 2 amide bonds. The largest absolute Gasteiger partial charge is 0.341 e. The molecule has 1 aromatic carbocycles. The molecular formula is C19H20Cl2N2O2S. The maximum atomic E-state index is 12.9. The van der Waals surface area contributed by atoms with Gasteiger partial charge in [0.15, 0.2) is 0 Å². The normalized spacial score (nSPS) is 17.2. The zero-order valence-electron chi connectivity index (χ0n) is 14.5. The van der Waals surface area contributed by atoms with Crippen LogP contribution >= 0.6 is 34.5 Å². The maximum Gasteiger partial charge on any atom is 0.263 e. The van der Waals surface area contributed by atoms with Gasteiger partial charge in [0.1, 0.15) is 0 Å². The van der Waals surface area contributed by atoms with E-state index in [1.807, 2.05) is 23.6 Å². The number of carbonyl (C=O) groups excluding carboxylic acids is 2. The number of hydrogen-bond donors (Lipinski definition) is 0. The predicted molar refractivity (Wildman–Crippen MR) is 106 cm³/mol. The molecule has 2 heterocycles. The third-order valence-electron chi connectivity index (χ3n) is 4.59. The highest BCUT2D eigenvalue weighted by molar-refractivity contribution is 7.12. The molecule has 0 bridgehead atoms. The van der Waals surface area contributed by atoms with Crippen LogP contribution in [-0.2, 0) is 11.3 Å². The van der Waals surface area contributed by atoms with Gasteiger partial charge in [-0.05, 0) is 42.0 Å². The number of nitrogens with zero attached hydrogens (tertiary/aromatic N) is 2. The lowest BCUT2D eigenvalue weighted by molar-refractivity contribution is -0.136. The molecule has 4 nitrogen and oxygen atoms in total. The van der Waals surface area contributed by atoms with Gasteiger partial charge in [-0.25, -0.2) is 0 Å². The van der Waals surface area contributed by atoms with Crippen molar-refractivity contribution in [1.29, 1.82) is 0 Å². The molecule has 1 fully saturated rings. The van der Waals surface area contributed by atoms with E-state index in [-0.39, 0.29) is 17.7 Å². The van der Waals surface area contributed by atoms with Crippen LogP contribution in [0.2, 0.25) is 10.0 Å². The van der Waals surface area contributed by atoms with Gasteiger partial charge in [0, 0.05) is 36.7 Å². The topological polar surface area (TPSA) is 40.6 Å². The van der Waals surface area contributed by atoms with E-state index in [0.29, 0.717) is 29.7 Å². The van der Waals surface area contributed by atoms with Gasteiger partial charge in [-0.2, -0.15) is 0 Å². The van der Waals surface area contributed by atoms with Gasteiger partial charge in [-0.15, -0.1) is 11.3 Å². The Morgan fingerprint density at radius 2 is 2.12 bits per heavy atom. The Morgan fingerprint density at radius 1 is 1.31 bits per heavy atom. The Morgan fingerprint density at radius 3 is 2.81 bits per heavy atom. The van der Waals surface area contributed by atoms with Crippen LogP contribution in [0.1, 0.15) is 28.1 Å². The van der Waals surface area contributed by atoms with Crippen LogP contribution in [0.3, 0.4) is 0 Å². The van der Waals surface area contributed by atoms with E-state index in [2.05, 4.69) is 0 Å². The van der Waals surface area contributed by atoms with Crippen molar-refractivity contribution in [3.05, 3.63) is 56.2 Å². The molecule has 0 aliphatic carbocycles. The standard InChI is InChI=1S/C19H20Cl2N2O2S/c1-22(11-13-6-7-15(20)10-16(13)21)18(24)14-4-2-8-23(12-14)19(25)17-5-3-9-26-17/h3,5-7,9-10,14H,2,4,8,11-12H2,1H3. The number of halogens is 2. The van der Waals surface area contributed by atoms with Gasteiger partial charge in [0.25, 0.3) is 5.91 Å². The average Bonchev–Trinajstić information content (AvgIpc) is 3.17. The van der Waals surface area contributed by atoms with E-state index < -0.39 is 0 Å². The fourth-order valence-electron chi connectivity index (χ4n) is 3.21. The zero-order chi connectivity index (χ0) is 18.7. The summed E-state index contributed by atoms with van der Waals surface area (Å²) in [6.07, 6.45) is 1.63. The highest BCUT2D eigenvalue weighted by Gasteiger charge is 2.31. The van der Waals surface area contributed by atoms with Gasteiger partial charge in [0.05, 0.1) is 10.8 Å². The first-order chi connectivity index (χ1) is 12.5. The van der Waals surface area contributed by atoms with Crippen molar-refractivity contribution in [1.82, 2.24) is 9.80 Å². The summed E-state index contributed by atoms with van der Waals surface area (Å²) in [5.41, 5.74) is 0.856. The molecule has 1 atom stereocenters. The highest BCUT2D eigenvalue weighted by Crippen LogP contribution is 2.25. The second-order valence-electron chi connectivity index (χ2n) is 6.50. The van der Waals surface area contributed by atoms with Crippen LogP contribution in [0.15, 0.2) is 35.7 Å². The van der Waals surface area contributed by atoms with Gasteiger partial charge < -0.3 is 9.80 Å². The smallest absolute Gasteiger partial charge is 0.263 e. The van der Waals surface area contributed by atoms with E-state index in [9.17, 15) is 9.59 Å². The number of amides is 2. The fourth-order valence-corrected chi connectivity index (χ4v) is 4.37. The Kier molecular flexibility index (Phi) is 6.22. The number of thiophene rings is 1. The van der Waals surface area contributed by atoms with Crippen LogP contribution in [0, 0.1) is 5.92 Å². The number of hydrogen-bond acceptors (Lipinski definition) is 3. The Balaban J connectivity index is 1.64. The molecule has 0 spiro atoms. The average molecular weight is 411 g/mol. The summed E-state index contributed by atoms with van der Waals surface area (Å²) in [4.78, 5) is 29.6. The van der Waals surface area contributed by atoms with Gasteiger partial charge in [-0.3, -0.25) is 9.59 Å². The third-order valence-corrected chi connectivity index (χ3v) is 6.03. The van der Waals surface area contributed by atoms with Crippen LogP contribution in [0.5, 0.6) is 0 Å². The molecule has 7 heteroatoms. The van der Waals surface area contributed by atoms with E-state index >= 15 is 0 Å². The van der Waals surface area contributed by atoms with Crippen LogP contribution in [0.4, 0.5) is 0 Å². The first kappa shape index (κ1) is 19.2. The second kappa shape index (κ2) is 8.42. The summed E-state index contributed by atoms with van der Waals surface area (Å²) in [6, 6.07) is 8.98. The van der Waals surface area contributed by atoms with Gasteiger partial charge >= 0.3 is 0 Å². The number of benzene rings is 1. The lowest BCUT2D eigenvalue weighted by Crippen LogP contribution is -2.45. The van der Waals surface area contributed by atoms with Crippen molar-refractivity contribution >= 4 is 46.4 Å². The molecular weight excluding hydrogens is 391 g/mol. The second-order valence-corrected chi connectivity index (χ2v) is 8.29. The van der Waals surface area contributed by atoms with Crippen molar-refractivity contribution < 1.29 is 9.59 Å². The SMILES string of the molecule is CN(Cc1ccc(Cl)cc1Cl)C(=O)C1CCCN(C(=O)c2cccs2)C1. The molecule has 2 aromatic rings. The van der Waals surface area contributed by atoms with Gasteiger partial charge in [0.2, 0.25) is 5.91 Å². The Hall–Kier alpha value is -1.56. The minimum atomic E-state index is -0.177. The molecule has 138 valence electrons. The van der Waals surface area contributed by atoms with Crippen LogP contribution < -0.4 is 0 Å². The van der Waals surface area contributed by atoms with Crippen molar-refractivity contribution in [2.75, 3.05) is 20.1 Å². The van der Waals surface area contributed by atoms with E-state index in [0.717, 1.165) is 23.3 Å². The Labute approximate surface area is 167 Å². The lowest BCUT2D eigenvalue weighted by Gasteiger charge is -2.34. The van der Waals surface area contributed by atoms with E-state index in [1.165, 1.54) is 11.3 Å². The minimum Gasteiger partial charge on any atom is -0.341 e. The van der Waals surface area contributed by atoms with Crippen molar-refractivity contribution in [3.8, 4) is 0 Å². The number of likely N-dealkylation sites (tertiary alicyclic amines) is 1. The monoisotopic (exact) mass is 410 g/mol. The number of rotatable bonds is 4. The summed E-state index contributed by atoms with van der Waals surface area (Å²) in [6.45, 7) is 1.59. The fraction of sp³-hybridized carbons (Fsp3) is 0.368. The molecule has 3 rings (SSSR count). The number of carbonyl (C=O) groups is 2. The van der Waals surface area contributed by atoms with E-state index in [1.54, 1.807) is 29.0 Å². The molecule has 0 radical (unpaired) electrons. The summed E-state index contributed by atoms with van der Waals surface area (Å²) in [5.74, 6) is -0.121. The Bertz CT molecular complexity index is 795. The molecule has 0 N–H and O–H groups in total. The molecule has 1 aliphatic rings. The molecule has 1 aromatic heterocycles. The maximum absolute atomic E-state index is 12.9. The van der Waals surface area contributed by atoms with Crippen LogP contribution in [0.25, 0.3) is 0 Å². The summed E-state index contributed by atoms with van der Waals surface area (Å²) in [5, 5.41) is 3.02. The molecule has 26 heavy (non-hydrogen) atoms. The van der Waals surface area contributed by atoms with Crippen molar-refractivity contribution in [2.45, 2.75) is 19.4 Å².